The number of hydrogen-bond acceptors (Lipinski definition) is 4. The summed E-state index contributed by atoms with van der Waals surface area (Å²) in [6.07, 6.45) is 5.76. The van der Waals surface area contributed by atoms with Crippen LogP contribution < -0.4 is 0 Å². The Morgan fingerprint density at radius 3 is 2.81 bits per heavy atom. The molecule has 6 heteroatoms. The smallest absolute Gasteiger partial charge is 0.160 e. The first kappa shape index (κ1) is 16.5. The second kappa shape index (κ2) is 6.38. The van der Waals surface area contributed by atoms with Crippen LogP contribution in [0.3, 0.4) is 0 Å². The topological polar surface area (TPSA) is 53.7 Å². The number of aliphatic hydroxyl groups excluding tert-OH is 1. The van der Waals surface area contributed by atoms with Crippen LogP contribution in [0.1, 0.15) is 23.9 Å². The van der Waals surface area contributed by atoms with Gasteiger partial charge in [0.25, 0.3) is 0 Å². The van der Waals surface area contributed by atoms with Crippen LogP contribution in [-0.4, -0.2) is 37.9 Å². The third kappa shape index (κ3) is 2.99. The Labute approximate surface area is 150 Å². The lowest BCUT2D eigenvalue weighted by atomic mass is 10.0. The van der Waals surface area contributed by atoms with Gasteiger partial charge in [-0.3, -0.25) is 4.40 Å². The molecular weight excluding hydrogens is 331 g/mol. The normalized spacial score (nSPS) is 17.4. The molecule has 0 fully saturated rings. The van der Waals surface area contributed by atoms with Gasteiger partial charge in [-0.15, -0.1) is 10.2 Å². The second-order valence-corrected chi connectivity index (χ2v) is 6.58. The molecule has 3 aromatic rings. The highest BCUT2D eigenvalue weighted by Crippen LogP contribution is 2.25. The molecule has 0 amide bonds. The molecule has 3 heterocycles. The number of halogens is 1. The largest absolute Gasteiger partial charge is 0.370 e. The number of nitrogens with zero attached hydrogens (tertiary/aromatic N) is 4. The van der Waals surface area contributed by atoms with E-state index in [1.165, 1.54) is 12.1 Å². The van der Waals surface area contributed by atoms with E-state index in [-0.39, 0.29) is 5.82 Å². The number of allylic oxidation sites excluding steroid dienone is 2. The monoisotopic (exact) mass is 350 g/mol. The van der Waals surface area contributed by atoms with Gasteiger partial charge in [-0.1, -0.05) is 12.1 Å². The standard InChI is InChI=1S/C20H19FN4O/c1-13-8-16(11-24(2)20(13)26)15-6-7-18-22-23-19(25(18)12-15)10-14-4-3-5-17(21)9-14/h3-9,11-12,20,26H,10H2,1-2H3. The quantitative estimate of drug-likeness (QED) is 0.789. The first-order chi connectivity index (χ1) is 12.5. The Bertz CT molecular complexity index is 1040. The minimum absolute atomic E-state index is 0.258. The van der Waals surface area contributed by atoms with E-state index in [1.54, 1.807) is 11.0 Å². The number of rotatable bonds is 3. The molecule has 1 aliphatic heterocycles. The van der Waals surface area contributed by atoms with Crippen LogP contribution in [0.5, 0.6) is 0 Å². The fraction of sp³-hybridized carbons (Fsp3) is 0.200. The Morgan fingerprint density at radius 2 is 2.04 bits per heavy atom. The minimum Gasteiger partial charge on any atom is -0.370 e. The Kier molecular flexibility index (Phi) is 4.05. The molecule has 1 atom stereocenters. The first-order valence-electron chi connectivity index (χ1n) is 8.40. The van der Waals surface area contributed by atoms with E-state index in [0.717, 1.165) is 33.7 Å². The summed E-state index contributed by atoms with van der Waals surface area (Å²) < 4.78 is 15.4. The molecule has 5 nitrogen and oxygen atoms in total. The molecule has 0 aliphatic carbocycles. The van der Waals surface area contributed by atoms with Crippen molar-refractivity contribution in [2.75, 3.05) is 7.05 Å². The molecule has 0 saturated carbocycles. The van der Waals surface area contributed by atoms with Gasteiger partial charge in [0.15, 0.2) is 5.65 Å². The van der Waals surface area contributed by atoms with Crippen LogP contribution in [0, 0.1) is 5.82 Å². The number of fused-ring (bicyclic) bond motifs is 1. The highest BCUT2D eigenvalue weighted by molar-refractivity contribution is 5.75. The van der Waals surface area contributed by atoms with Gasteiger partial charge in [-0.05, 0) is 59.5 Å². The molecule has 0 saturated heterocycles. The Balaban J connectivity index is 1.72. The first-order valence-corrected chi connectivity index (χ1v) is 8.40. The summed E-state index contributed by atoms with van der Waals surface area (Å²) in [7, 11) is 1.84. The molecule has 1 aromatic carbocycles. The molecule has 0 spiro atoms. The molecule has 0 radical (unpaired) electrons. The summed E-state index contributed by atoms with van der Waals surface area (Å²) in [5.41, 5.74) is 4.47. The molecule has 0 bridgehead atoms. The molecular formula is C20H19FN4O. The summed E-state index contributed by atoms with van der Waals surface area (Å²) in [6, 6.07) is 10.4. The number of hydrogen-bond donors (Lipinski definition) is 1. The fourth-order valence-electron chi connectivity index (χ4n) is 3.19. The van der Waals surface area contributed by atoms with Crippen LogP contribution in [-0.2, 0) is 6.42 Å². The maximum Gasteiger partial charge on any atom is 0.160 e. The van der Waals surface area contributed by atoms with Gasteiger partial charge in [-0.25, -0.2) is 4.39 Å². The van der Waals surface area contributed by atoms with Gasteiger partial charge in [0.05, 0.1) is 0 Å². The summed E-state index contributed by atoms with van der Waals surface area (Å²) in [6.45, 7) is 1.90. The van der Waals surface area contributed by atoms with E-state index in [1.807, 2.05) is 55.0 Å². The number of aliphatic hydroxyl groups is 1. The average Bonchev–Trinajstić information content (AvgIpc) is 3.01. The van der Waals surface area contributed by atoms with E-state index in [0.29, 0.717) is 6.42 Å². The lowest BCUT2D eigenvalue weighted by Crippen LogP contribution is -2.30. The summed E-state index contributed by atoms with van der Waals surface area (Å²) in [5, 5.41) is 18.5. The lowest BCUT2D eigenvalue weighted by Gasteiger charge is -2.27. The average molecular weight is 350 g/mol. The van der Waals surface area contributed by atoms with E-state index < -0.39 is 6.23 Å². The highest BCUT2D eigenvalue weighted by atomic mass is 19.1. The maximum absolute atomic E-state index is 13.4. The van der Waals surface area contributed by atoms with Crippen LogP contribution in [0.2, 0.25) is 0 Å². The van der Waals surface area contributed by atoms with Crippen molar-refractivity contribution in [3.63, 3.8) is 0 Å². The zero-order valence-corrected chi connectivity index (χ0v) is 14.6. The zero-order chi connectivity index (χ0) is 18.3. The molecule has 1 aliphatic rings. The highest BCUT2D eigenvalue weighted by Gasteiger charge is 2.17. The summed E-state index contributed by atoms with van der Waals surface area (Å²) >= 11 is 0. The van der Waals surface area contributed by atoms with Crippen LogP contribution in [0.15, 0.2) is 60.4 Å². The number of likely N-dealkylation sites (N-methyl/N-ethyl adjacent to an activating group) is 1. The molecule has 26 heavy (non-hydrogen) atoms. The van der Waals surface area contributed by atoms with Crippen molar-refractivity contribution in [1.29, 1.82) is 0 Å². The Hall–Kier alpha value is -2.99. The van der Waals surface area contributed by atoms with Crippen molar-refractivity contribution >= 4 is 11.2 Å². The van der Waals surface area contributed by atoms with Gasteiger partial charge in [-0.2, -0.15) is 0 Å². The van der Waals surface area contributed by atoms with Crippen molar-refractivity contribution in [2.24, 2.45) is 0 Å². The predicted octanol–water partition coefficient (Wildman–Crippen LogP) is 3.01. The van der Waals surface area contributed by atoms with Crippen LogP contribution in [0.4, 0.5) is 4.39 Å². The molecule has 132 valence electrons. The van der Waals surface area contributed by atoms with Crippen molar-refractivity contribution in [3.05, 3.63) is 83.2 Å². The molecule has 1 N–H and O–H groups in total. The second-order valence-electron chi connectivity index (χ2n) is 6.58. The van der Waals surface area contributed by atoms with Gasteiger partial charge < -0.3 is 10.0 Å². The van der Waals surface area contributed by atoms with Crippen molar-refractivity contribution in [2.45, 2.75) is 19.6 Å². The van der Waals surface area contributed by atoms with E-state index >= 15 is 0 Å². The van der Waals surface area contributed by atoms with Crippen molar-refractivity contribution < 1.29 is 9.50 Å². The van der Waals surface area contributed by atoms with Crippen molar-refractivity contribution in [1.82, 2.24) is 19.5 Å². The maximum atomic E-state index is 13.4. The summed E-state index contributed by atoms with van der Waals surface area (Å²) in [5.74, 6) is 0.490. The Morgan fingerprint density at radius 1 is 1.19 bits per heavy atom. The van der Waals surface area contributed by atoms with E-state index in [4.69, 9.17) is 0 Å². The lowest BCUT2D eigenvalue weighted by molar-refractivity contribution is 0.0868. The molecule has 2 aromatic heterocycles. The van der Waals surface area contributed by atoms with Crippen molar-refractivity contribution in [3.8, 4) is 0 Å². The third-order valence-electron chi connectivity index (χ3n) is 4.58. The van der Waals surface area contributed by atoms with Gasteiger partial charge in [0, 0.05) is 25.9 Å². The molecule has 4 rings (SSSR count). The van der Waals surface area contributed by atoms with Crippen LogP contribution >= 0.6 is 0 Å². The number of pyridine rings is 1. The zero-order valence-electron chi connectivity index (χ0n) is 14.6. The predicted molar refractivity (Wildman–Crippen MR) is 97.7 cm³/mol. The SMILES string of the molecule is CC1=CC(c2ccc3nnc(Cc4cccc(F)c4)n3c2)=CN(C)C1O. The van der Waals surface area contributed by atoms with E-state index in [9.17, 15) is 9.50 Å². The van der Waals surface area contributed by atoms with Crippen LogP contribution in [0.25, 0.3) is 11.2 Å². The van der Waals surface area contributed by atoms with Gasteiger partial charge in [0.2, 0.25) is 0 Å². The summed E-state index contributed by atoms with van der Waals surface area (Å²) in [4.78, 5) is 1.77. The number of benzene rings is 1. The number of aromatic nitrogens is 3. The minimum atomic E-state index is -0.596. The van der Waals surface area contributed by atoms with E-state index in [2.05, 4.69) is 10.2 Å². The van der Waals surface area contributed by atoms with Gasteiger partial charge in [0.1, 0.15) is 17.9 Å². The molecule has 1 unspecified atom stereocenters. The fourth-order valence-corrected chi connectivity index (χ4v) is 3.19. The van der Waals surface area contributed by atoms with Gasteiger partial charge >= 0.3 is 0 Å². The third-order valence-corrected chi connectivity index (χ3v) is 4.58.